The van der Waals surface area contributed by atoms with E-state index in [0.717, 1.165) is 28.0 Å². The van der Waals surface area contributed by atoms with Crippen LogP contribution in [-0.4, -0.2) is 6.54 Å². The summed E-state index contributed by atoms with van der Waals surface area (Å²) in [4.78, 5) is 0. The monoisotopic (exact) mass is 339 g/mol. The Bertz CT molecular complexity index is 586. The van der Waals surface area contributed by atoms with Crippen LogP contribution in [-0.2, 0) is 6.42 Å². The fourth-order valence-corrected chi connectivity index (χ4v) is 2.42. The fourth-order valence-electron chi connectivity index (χ4n) is 1.75. The van der Waals surface area contributed by atoms with Gasteiger partial charge in [-0.1, -0.05) is 23.7 Å². The summed E-state index contributed by atoms with van der Waals surface area (Å²) in [5.74, 6) is 1.53. The summed E-state index contributed by atoms with van der Waals surface area (Å²) in [6, 6.07) is 11.6. The van der Waals surface area contributed by atoms with Gasteiger partial charge in [0.25, 0.3) is 0 Å². The number of rotatable bonds is 4. The van der Waals surface area contributed by atoms with E-state index < -0.39 is 0 Å². The smallest absolute Gasteiger partial charge is 0.141 e. The zero-order chi connectivity index (χ0) is 13.8. The first-order valence-corrected chi connectivity index (χ1v) is 7.20. The van der Waals surface area contributed by atoms with E-state index in [1.807, 2.05) is 43.3 Å². The number of benzene rings is 2. The van der Waals surface area contributed by atoms with Crippen LogP contribution in [0.3, 0.4) is 0 Å². The fraction of sp³-hybridized carbons (Fsp3) is 0.200. The van der Waals surface area contributed by atoms with Crippen molar-refractivity contribution in [3.05, 3.63) is 57.0 Å². The first-order chi connectivity index (χ1) is 9.10. The van der Waals surface area contributed by atoms with Crippen molar-refractivity contribution < 1.29 is 4.74 Å². The molecule has 2 aromatic rings. The summed E-state index contributed by atoms with van der Waals surface area (Å²) in [5.41, 5.74) is 7.78. The summed E-state index contributed by atoms with van der Waals surface area (Å²) in [5, 5.41) is 0.663. The van der Waals surface area contributed by atoms with Crippen LogP contribution in [0.5, 0.6) is 11.5 Å². The Morgan fingerprint density at radius 3 is 2.63 bits per heavy atom. The topological polar surface area (TPSA) is 35.2 Å². The molecule has 0 aromatic heterocycles. The molecule has 0 atom stereocenters. The normalized spacial score (nSPS) is 10.5. The van der Waals surface area contributed by atoms with Crippen molar-refractivity contribution in [1.29, 1.82) is 0 Å². The number of ether oxygens (including phenoxy) is 1. The molecular formula is C15H15BrClNO. The lowest BCUT2D eigenvalue weighted by atomic mass is 10.1. The van der Waals surface area contributed by atoms with Crippen molar-refractivity contribution in [2.75, 3.05) is 6.54 Å². The molecule has 100 valence electrons. The van der Waals surface area contributed by atoms with E-state index >= 15 is 0 Å². The molecule has 0 radical (unpaired) electrons. The minimum absolute atomic E-state index is 0.639. The second kappa shape index (κ2) is 6.42. The zero-order valence-electron chi connectivity index (χ0n) is 10.6. The van der Waals surface area contributed by atoms with Crippen LogP contribution in [0.4, 0.5) is 0 Å². The van der Waals surface area contributed by atoms with E-state index in [0.29, 0.717) is 11.6 Å². The van der Waals surface area contributed by atoms with Gasteiger partial charge in [0.05, 0.1) is 4.47 Å². The van der Waals surface area contributed by atoms with Gasteiger partial charge in [-0.3, -0.25) is 0 Å². The summed E-state index contributed by atoms with van der Waals surface area (Å²) in [7, 11) is 0. The van der Waals surface area contributed by atoms with Crippen LogP contribution >= 0.6 is 27.5 Å². The standard InChI is InChI=1S/C15H15BrClNO/c1-10-2-4-12(17)9-15(10)19-14-5-3-11(6-7-18)8-13(14)16/h2-5,8-9H,6-7,18H2,1H3. The van der Waals surface area contributed by atoms with Crippen molar-refractivity contribution in [2.24, 2.45) is 5.73 Å². The SMILES string of the molecule is Cc1ccc(Cl)cc1Oc1ccc(CCN)cc1Br. The van der Waals surface area contributed by atoms with Gasteiger partial charge in [-0.15, -0.1) is 0 Å². The van der Waals surface area contributed by atoms with Crippen molar-refractivity contribution in [2.45, 2.75) is 13.3 Å². The third kappa shape index (κ3) is 3.72. The molecule has 0 spiro atoms. The molecule has 2 nitrogen and oxygen atoms in total. The van der Waals surface area contributed by atoms with Gasteiger partial charge in [0.2, 0.25) is 0 Å². The molecule has 2 aromatic carbocycles. The number of hydrogen-bond donors (Lipinski definition) is 1. The predicted octanol–water partition coefficient (Wildman–Crippen LogP) is 4.70. The minimum atomic E-state index is 0.639. The van der Waals surface area contributed by atoms with Crippen molar-refractivity contribution in [1.82, 2.24) is 0 Å². The third-order valence-electron chi connectivity index (χ3n) is 2.80. The molecule has 0 aliphatic rings. The van der Waals surface area contributed by atoms with Crippen LogP contribution < -0.4 is 10.5 Å². The molecule has 0 aliphatic heterocycles. The lowest BCUT2D eigenvalue weighted by molar-refractivity contribution is 0.475. The maximum Gasteiger partial charge on any atom is 0.141 e. The van der Waals surface area contributed by atoms with E-state index in [-0.39, 0.29) is 0 Å². The van der Waals surface area contributed by atoms with Crippen LogP contribution in [0.15, 0.2) is 40.9 Å². The highest BCUT2D eigenvalue weighted by atomic mass is 79.9. The molecule has 2 rings (SSSR count). The van der Waals surface area contributed by atoms with Gasteiger partial charge in [-0.25, -0.2) is 0 Å². The third-order valence-corrected chi connectivity index (χ3v) is 3.65. The molecule has 0 bridgehead atoms. The van der Waals surface area contributed by atoms with E-state index in [4.69, 9.17) is 22.1 Å². The van der Waals surface area contributed by atoms with E-state index in [1.54, 1.807) is 0 Å². The van der Waals surface area contributed by atoms with Crippen molar-refractivity contribution in [3.63, 3.8) is 0 Å². The maximum atomic E-state index is 5.98. The Hall–Kier alpha value is -1.03. The highest BCUT2D eigenvalue weighted by Crippen LogP contribution is 2.33. The van der Waals surface area contributed by atoms with Crippen molar-refractivity contribution in [3.8, 4) is 11.5 Å². The van der Waals surface area contributed by atoms with Crippen LogP contribution in [0.2, 0.25) is 5.02 Å². The summed E-state index contributed by atoms with van der Waals surface area (Å²) in [6.45, 7) is 2.63. The Kier molecular flexibility index (Phi) is 4.86. The maximum absolute atomic E-state index is 5.98. The van der Waals surface area contributed by atoms with E-state index in [2.05, 4.69) is 15.9 Å². The number of halogens is 2. The first kappa shape index (κ1) is 14.4. The molecule has 0 saturated carbocycles. The van der Waals surface area contributed by atoms with Crippen LogP contribution in [0, 0.1) is 6.92 Å². The average molecular weight is 341 g/mol. The second-order valence-electron chi connectivity index (χ2n) is 4.32. The first-order valence-electron chi connectivity index (χ1n) is 6.02. The number of aryl methyl sites for hydroxylation is 1. The Morgan fingerprint density at radius 1 is 1.16 bits per heavy atom. The van der Waals surface area contributed by atoms with Gasteiger partial charge in [-0.05, 0) is 71.2 Å². The van der Waals surface area contributed by atoms with E-state index in [1.165, 1.54) is 5.56 Å². The zero-order valence-corrected chi connectivity index (χ0v) is 13.0. The molecule has 0 saturated heterocycles. The molecule has 19 heavy (non-hydrogen) atoms. The number of nitrogens with two attached hydrogens (primary N) is 1. The molecular weight excluding hydrogens is 326 g/mol. The Balaban J connectivity index is 2.25. The minimum Gasteiger partial charge on any atom is -0.456 e. The van der Waals surface area contributed by atoms with E-state index in [9.17, 15) is 0 Å². The molecule has 2 N–H and O–H groups in total. The predicted molar refractivity (Wildman–Crippen MR) is 83.2 cm³/mol. The largest absolute Gasteiger partial charge is 0.456 e. The van der Waals surface area contributed by atoms with Gasteiger partial charge in [-0.2, -0.15) is 0 Å². The second-order valence-corrected chi connectivity index (χ2v) is 5.61. The molecule has 0 fully saturated rings. The summed E-state index contributed by atoms with van der Waals surface area (Å²) < 4.78 is 6.81. The van der Waals surface area contributed by atoms with Gasteiger partial charge in [0, 0.05) is 5.02 Å². The van der Waals surface area contributed by atoms with Crippen molar-refractivity contribution >= 4 is 27.5 Å². The quantitative estimate of drug-likeness (QED) is 0.875. The van der Waals surface area contributed by atoms with Crippen LogP contribution in [0.25, 0.3) is 0 Å². The van der Waals surface area contributed by atoms with Crippen LogP contribution in [0.1, 0.15) is 11.1 Å². The summed E-state index contributed by atoms with van der Waals surface area (Å²) in [6.07, 6.45) is 0.856. The highest BCUT2D eigenvalue weighted by molar-refractivity contribution is 9.10. The van der Waals surface area contributed by atoms with Gasteiger partial charge in [0.15, 0.2) is 0 Å². The lowest BCUT2D eigenvalue weighted by Gasteiger charge is -2.11. The molecule has 0 amide bonds. The lowest BCUT2D eigenvalue weighted by Crippen LogP contribution is -2.02. The molecule has 0 aliphatic carbocycles. The molecule has 0 heterocycles. The van der Waals surface area contributed by atoms with Gasteiger partial charge in [0.1, 0.15) is 11.5 Å². The molecule has 4 heteroatoms. The summed E-state index contributed by atoms with van der Waals surface area (Å²) >= 11 is 9.50. The average Bonchev–Trinajstić information content (AvgIpc) is 2.37. The highest BCUT2D eigenvalue weighted by Gasteiger charge is 2.07. The Morgan fingerprint density at radius 2 is 1.95 bits per heavy atom. The Labute approximate surface area is 126 Å². The molecule has 0 unspecified atom stereocenters. The van der Waals surface area contributed by atoms with Gasteiger partial charge >= 0.3 is 0 Å². The van der Waals surface area contributed by atoms with Gasteiger partial charge < -0.3 is 10.5 Å². The number of hydrogen-bond acceptors (Lipinski definition) is 2.